The summed E-state index contributed by atoms with van der Waals surface area (Å²) < 4.78 is 24.2. The lowest BCUT2D eigenvalue weighted by molar-refractivity contribution is 0.251. The fraction of sp³-hybridized carbons (Fsp3) is 0.375. The van der Waals surface area contributed by atoms with Gasteiger partial charge < -0.3 is 29.6 Å². The zero-order chi connectivity index (χ0) is 24.9. The Morgan fingerprint density at radius 1 is 1.00 bits per heavy atom. The second kappa shape index (κ2) is 10.4. The topological polar surface area (TPSA) is 118 Å². The third-order valence-corrected chi connectivity index (χ3v) is 5.66. The fourth-order valence-electron chi connectivity index (χ4n) is 3.77. The van der Waals surface area contributed by atoms with Gasteiger partial charge in [0.15, 0.2) is 17.3 Å². The van der Waals surface area contributed by atoms with Crippen LogP contribution in [0.5, 0.6) is 23.0 Å². The maximum Gasteiger partial charge on any atom is 0.346 e. The highest BCUT2D eigenvalue weighted by Crippen LogP contribution is 2.40. The second-order valence-corrected chi connectivity index (χ2v) is 7.95. The first kappa shape index (κ1) is 24.0. The van der Waals surface area contributed by atoms with Crippen LogP contribution in [0.25, 0.3) is 11.4 Å². The maximum atomic E-state index is 13.0. The minimum Gasteiger partial charge on any atom is -0.497 e. The van der Waals surface area contributed by atoms with Gasteiger partial charge in [-0.2, -0.15) is 0 Å². The van der Waals surface area contributed by atoms with Crippen molar-refractivity contribution in [3.63, 3.8) is 0 Å². The molecule has 186 valence electrons. The summed E-state index contributed by atoms with van der Waals surface area (Å²) >= 11 is 0. The number of benzene rings is 2. The number of ether oxygens (including phenoxy) is 4. The molecule has 1 heterocycles. The van der Waals surface area contributed by atoms with Crippen molar-refractivity contribution in [3.8, 4) is 34.4 Å². The Morgan fingerprint density at radius 3 is 2.20 bits per heavy atom. The molecule has 2 amide bonds. The van der Waals surface area contributed by atoms with E-state index in [1.54, 1.807) is 23.8 Å². The van der Waals surface area contributed by atoms with Crippen LogP contribution >= 0.6 is 0 Å². The lowest BCUT2D eigenvalue weighted by Crippen LogP contribution is -2.34. The largest absolute Gasteiger partial charge is 0.497 e. The molecule has 0 bridgehead atoms. The molecule has 0 unspecified atom stereocenters. The molecule has 1 aliphatic rings. The number of urea groups is 1. The highest BCUT2D eigenvalue weighted by Gasteiger charge is 2.30. The average Bonchev–Trinajstić information content (AvgIpc) is 3.66. The number of rotatable bonds is 10. The highest BCUT2D eigenvalue weighted by molar-refractivity contribution is 5.90. The Bertz CT molecular complexity index is 1220. The molecule has 11 nitrogen and oxygen atoms in total. The average molecular weight is 484 g/mol. The number of nitrogens with zero attached hydrogens (tertiary/aromatic N) is 3. The van der Waals surface area contributed by atoms with E-state index in [9.17, 15) is 9.59 Å². The molecule has 1 saturated carbocycles. The van der Waals surface area contributed by atoms with Crippen molar-refractivity contribution < 1.29 is 23.7 Å². The first-order chi connectivity index (χ1) is 17.0. The maximum absolute atomic E-state index is 13.0. The fourth-order valence-corrected chi connectivity index (χ4v) is 3.77. The minimum absolute atomic E-state index is 0.157. The van der Waals surface area contributed by atoms with Crippen LogP contribution in [0.1, 0.15) is 18.9 Å². The zero-order valence-corrected chi connectivity index (χ0v) is 20.2. The van der Waals surface area contributed by atoms with E-state index in [4.69, 9.17) is 18.9 Å². The molecule has 3 aromatic rings. The number of amides is 2. The van der Waals surface area contributed by atoms with Gasteiger partial charge in [-0.05, 0) is 37.1 Å². The zero-order valence-electron chi connectivity index (χ0n) is 20.2. The molecule has 0 spiro atoms. The van der Waals surface area contributed by atoms with Crippen LogP contribution in [0.4, 0.5) is 10.5 Å². The predicted octanol–water partition coefficient (Wildman–Crippen LogP) is 2.90. The van der Waals surface area contributed by atoms with E-state index >= 15 is 0 Å². The molecule has 0 aliphatic heterocycles. The van der Waals surface area contributed by atoms with Crippen molar-refractivity contribution in [1.29, 1.82) is 0 Å². The number of hydrogen-bond acceptors (Lipinski definition) is 7. The molecule has 1 fully saturated rings. The van der Waals surface area contributed by atoms with Crippen molar-refractivity contribution in [2.75, 3.05) is 40.3 Å². The number of carbonyl (C=O) groups excluding carboxylic acids is 1. The summed E-state index contributed by atoms with van der Waals surface area (Å²) in [6, 6.07) is 10.4. The van der Waals surface area contributed by atoms with Gasteiger partial charge in [-0.3, -0.25) is 4.57 Å². The molecule has 1 aliphatic carbocycles. The Balaban J connectivity index is 1.43. The van der Waals surface area contributed by atoms with Crippen molar-refractivity contribution >= 4 is 11.7 Å². The summed E-state index contributed by atoms with van der Waals surface area (Å²) in [5.41, 5.74) is 1.11. The molecule has 35 heavy (non-hydrogen) atoms. The molecule has 2 N–H and O–H groups in total. The minimum atomic E-state index is -0.440. The van der Waals surface area contributed by atoms with Gasteiger partial charge in [0.05, 0.1) is 40.7 Å². The molecular weight excluding hydrogens is 454 g/mol. The molecule has 11 heteroatoms. The van der Waals surface area contributed by atoms with E-state index in [-0.39, 0.29) is 24.8 Å². The third-order valence-electron chi connectivity index (χ3n) is 5.66. The van der Waals surface area contributed by atoms with E-state index in [1.807, 2.05) is 24.3 Å². The van der Waals surface area contributed by atoms with Gasteiger partial charge in [-0.15, -0.1) is 5.10 Å². The summed E-state index contributed by atoms with van der Waals surface area (Å²) in [6.07, 6.45) is 1.90. The molecule has 0 radical (unpaired) electrons. The smallest absolute Gasteiger partial charge is 0.346 e. The predicted molar refractivity (Wildman–Crippen MR) is 130 cm³/mol. The normalized spacial score (nSPS) is 12.7. The lowest BCUT2D eigenvalue weighted by atomic mass is 10.2. The number of anilines is 1. The van der Waals surface area contributed by atoms with Crippen LogP contribution in [0, 0.1) is 0 Å². The molecule has 1 aromatic heterocycles. The van der Waals surface area contributed by atoms with E-state index < -0.39 is 6.03 Å². The van der Waals surface area contributed by atoms with Crippen LogP contribution in [0.2, 0.25) is 0 Å². The standard InChI is InChI=1S/C24H29N5O6/c1-32-18-9-5-15(6-10-18)22-27-28(24(31)29(22)17-7-8-17)12-11-25-23(30)26-16-13-19(33-2)21(35-4)20(14-16)34-3/h5-6,9-10,13-14,17H,7-8,11-12H2,1-4H3,(H2,25,26,30). The Kier molecular flexibility index (Phi) is 7.14. The number of carbonyl (C=O) groups is 1. The molecule has 0 saturated heterocycles. The van der Waals surface area contributed by atoms with Crippen molar-refractivity contribution in [2.45, 2.75) is 25.4 Å². The van der Waals surface area contributed by atoms with Crippen LogP contribution in [-0.2, 0) is 6.54 Å². The molecule has 4 rings (SSSR count). The van der Waals surface area contributed by atoms with Crippen LogP contribution in [0.3, 0.4) is 0 Å². The number of nitrogens with one attached hydrogen (secondary N) is 2. The van der Waals surface area contributed by atoms with E-state index in [0.29, 0.717) is 28.8 Å². The highest BCUT2D eigenvalue weighted by atomic mass is 16.5. The summed E-state index contributed by atoms with van der Waals surface area (Å²) in [7, 11) is 6.11. The molecule has 2 aromatic carbocycles. The first-order valence-corrected chi connectivity index (χ1v) is 11.2. The summed E-state index contributed by atoms with van der Waals surface area (Å²) in [6.45, 7) is 0.435. The first-order valence-electron chi connectivity index (χ1n) is 11.2. The Hall–Kier alpha value is -4.15. The second-order valence-electron chi connectivity index (χ2n) is 7.95. The van der Waals surface area contributed by atoms with E-state index in [1.165, 1.54) is 26.0 Å². The van der Waals surface area contributed by atoms with E-state index in [0.717, 1.165) is 24.2 Å². The van der Waals surface area contributed by atoms with Gasteiger partial charge in [0.1, 0.15) is 5.75 Å². The number of hydrogen-bond donors (Lipinski definition) is 2. The van der Waals surface area contributed by atoms with Gasteiger partial charge in [0, 0.05) is 30.3 Å². The van der Waals surface area contributed by atoms with Crippen molar-refractivity contribution in [3.05, 3.63) is 46.9 Å². The molecule has 0 atom stereocenters. The third kappa shape index (κ3) is 5.18. The van der Waals surface area contributed by atoms with E-state index in [2.05, 4.69) is 15.7 Å². The Morgan fingerprint density at radius 2 is 1.66 bits per heavy atom. The quantitative estimate of drug-likeness (QED) is 0.455. The van der Waals surface area contributed by atoms with Gasteiger partial charge in [-0.1, -0.05) is 0 Å². The van der Waals surface area contributed by atoms with Gasteiger partial charge in [0.2, 0.25) is 5.75 Å². The monoisotopic (exact) mass is 483 g/mol. The summed E-state index contributed by atoms with van der Waals surface area (Å²) in [5.74, 6) is 2.62. The van der Waals surface area contributed by atoms with Crippen molar-refractivity contribution in [1.82, 2.24) is 19.7 Å². The van der Waals surface area contributed by atoms with Gasteiger partial charge in [0.25, 0.3) is 0 Å². The van der Waals surface area contributed by atoms with Crippen LogP contribution in [-0.4, -0.2) is 55.4 Å². The van der Waals surface area contributed by atoms with Crippen LogP contribution in [0.15, 0.2) is 41.2 Å². The van der Waals surface area contributed by atoms with Gasteiger partial charge >= 0.3 is 11.7 Å². The number of aromatic nitrogens is 3. The van der Waals surface area contributed by atoms with Crippen LogP contribution < -0.4 is 35.3 Å². The number of methoxy groups -OCH3 is 4. The lowest BCUT2D eigenvalue weighted by Gasteiger charge is -2.14. The molecular formula is C24H29N5O6. The summed E-state index contributed by atoms with van der Waals surface area (Å²) in [4.78, 5) is 25.5. The Labute approximate surface area is 202 Å². The van der Waals surface area contributed by atoms with Gasteiger partial charge in [-0.25, -0.2) is 14.3 Å². The summed E-state index contributed by atoms with van der Waals surface area (Å²) in [5, 5.41) is 10.0. The SMILES string of the molecule is COc1ccc(-c2nn(CCNC(=O)Nc3cc(OC)c(OC)c(OC)c3)c(=O)n2C2CC2)cc1. The van der Waals surface area contributed by atoms with Crippen molar-refractivity contribution in [2.24, 2.45) is 0 Å².